The lowest BCUT2D eigenvalue weighted by Gasteiger charge is -2.35. The third kappa shape index (κ3) is 2.07. The maximum atomic E-state index is 4.42. The highest BCUT2D eigenvalue weighted by atomic mass is 32.1. The molecule has 0 spiro atoms. The zero-order valence-electron chi connectivity index (χ0n) is 8.95. The molecule has 2 atom stereocenters. The van der Waals surface area contributed by atoms with Crippen LogP contribution in [0.15, 0.2) is 6.20 Å². The second kappa shape index (κ2) is 3.87. The number of anilines is 1. The smallest absolute Gasteiger partial charge is 0.185 e. The second-order valence-electron chi connectivity index (χ2n) is 4.13. The maximum absolute atomic E-state index is 4.42. The van der Waals surface area contributed by atoms with Crippen molar-refractivity contribution >= 4 is 16.5 Å². The highest BCUT2D eigenvalue weighted by Gasteiger charge is 2.22. The number of hydrogen-bond acceptors (Lipinski definition) is 4. The van der Waals surface area contributed by atoms with Gasteiger partial charge < -0.3 is 10.2 Å². The Labute approximate surface area is 89.1 Å². The minimum Gasteiger partial charge on any atom is -0.345 e. The number of nitrogens with one attached hydrogen (secondary N) is 1. The lowest BCUT2D eigenvalue weighted by molar-refractivity contribution is 0.406. The van der Waals surface area contributed by atoms with Gasteiger partial charge in [-0.25, -0.2) is 4.98 Å². The predicted molar refractivity (Wildman–Crippen MR) is 61.1 cm³/mol. The molecular weight excluding hydrogens is 194 g/mol. The van der Waals surface area contributed by atoms with Crippen LogP contribution in [-0.2, 0) is 0 Å². The number of piperazine rings is 1. The number of thiazole rings is 1. The maximum Gasteiger partial charge on any atom is 0.185 e. The van der Waals surface area contributed by atoms with Crippen LogP contribution in [0.1, 0.15) is 18.7 Å². The fourth-order valence-electron chi connectivity index (χ4n) is 1.97. The minimum absolute atomic E-state index is 0.558. The summed E-state index contributed by atoms with van der Waals surface area (Å²) in [6.45, 7) is 8.69. The van der Waals surface area contributed by atoms with Crippen LogP contribution in [0.3, 0.4) is 0 Å². The van der Waals surface area contributed by atoms with E-state index in [9.17, 15) is 0 Å². The van der Waals surface area contributed by atoms with Crippen LogP contribution in [0.4, 0.5) is 5.13 Å². The molecule has 1 fully saturated rings. The fourth-order valence-corrected chi connectivity index (χ4v) is 2.75. The number of aryl methyl sites for hydroxylation is 1. The molecule has 3 nitrogen and oxygen atoms in total. The first kappa shape index (κ1) is 9.93. The average molecular weight is 211 g/mol. The van der Waals surface area contributed by atoms with Crippen LogP contribution in [0, 0.1) is 6.92 Å². The summed E-state index contributed by atoms with van der Waals surface area (Å²) in [6, 6.07) is 1.12. The number of nitrogens with zero attached hydrogens (tertiary/aromatic N) is 2. The Bertz CT molecular complexity index is 300. The van der Waals surface area contributed by atoms with Gasteiger partial charge in [0.05, 0.1) is 0 Å². The summed E-state index contributed by atoms with van der Waals surface area (Å²) in [5.41, 5.74) is 0. The average Bonchev–Trinajstić information content (AvgIpc) is 2.50. The van der Waals surface area contributed by atoms with Crippen molar-refractivity contribution in [3.63, 3.8) is 0 Å². The van der Waals surface area contributed by atoms with Gasteiger partial charge in [0.1, 0.15) is 0 Å². The van der Waals surface area contributed by atoms with Crippen LogP contribution in [-0.4, -0.2) is 30.2 Å². The molecule has 2 rings (SSSR count). The van der Waals surface area contributed by atoms with Crippen LogP contribution < -0.4 is 10.2 Å². The van der Waals surface area contributed by atoms with Crippen LogP contribution in [0.5, 0.6) is 0 Å². The molecule has 2 heterocycles. The van der Waals surface area contributed by atoms with Crippen molar-refractivity contribution in [1.82, 2.24) is 10.3 Å². The van der Waals surface area contributed by atoms with Gasteiger partial charge in [-0.1, -0.05) is 0 Å². The predicted octanol–water partition coefficient (Wildman–Crippen LogP) is 1.64. The molecule has 0 aromatic carbocycles. The Morgan fingerprint density at radius 3 is 2.57 bits per heavy atom. The highest BCUT2D eigenvalue weighted by molar-refractivity contribution is 7.15. The zero-order valence-corrected chi connectivity index (χ0v) is 9.77. The van der Waals surface area contributed by atoms with Crippen molar-refractivity contribution in [2.24, 2.45) is 0 Å². The van der Waals surface area contributed by atoms with Gasteiger partial charge in [-0.05, 0) is 20.8 Å². The van der Waals surface area contributed by atoms with E-state index < -0.39 is 0 Å². The largest absolute Gasteiger partial charge is 0.345 e. The first-order valence-corrected chi connectivity index (χ1v) is 5.90. The summed E-state index contributed by atoms with van der Waals surface area (Å²) in [7, 11) is 0. The van der Waals surface area contributed by atoms with Gasteiger partial charge in [-0.15, -0.1) is 11.3 Å². The molecule has 1 aliphatic heterocycles. The number of aromatic nitrogens is 1. The molecule has 0 unspecified atom stereocenters. The summed E-state index contributed by atoms with van der Waals surface area (Å²) in [5, 5.41) is 4.69. The zero-order chi connectivity index (χ0) is 10.1. The van der Waals surface area contributed by atoms with Gasteiger partial charge in [0.15, 0.2) is 5.13 Å². The molecule has 1 aromatic heterocycles. The first-order valence-electron chi connectivity index (χ1n) is 5.08. The van der Waals surface area contributed by atoms with E-state index in [0.29, 0.717) is 12.1 Å². The normalized spacial score (nSPS) is 28.1. The molecule has 1 N–H and O–H groups in total. The van der Waals surface area contributed by atoms with Gasteiger partial charge >= 0.3 is 0 Å². The van der Waals surface area contributed by atoms with E-state index >= 15 is 0 Å². The van der Waals surface area contributed by atoms with Gasteiger partial charge in [0, 0.05) is 36.2 Å². The van der Waals surface area contributed by atoms with E-state index in [1.807, 2.05) is 6.20 Å². The molecule has 0 saturated carbocycles. The molecule has 0 amide bonds. The summed E-state index contributed by atoms with van der Waals surface area (Å²) in [4.78, 5) is 8.09. The van der Waals surface area contributed by atoms with E-state index in [4.69, 9.17) is 0 Å². The Kier molecular flexibility index (Phi) is 2.74. The number of rotatable bonds is 1. The summed E-state index contributed by atoms with van der Waals surface area (Å²) >= 11 is 1.79. The topological polar surface area (TPSA) is 28.2 Å². The SMILES string of the molecule is Cc1cnc(N2C[C@@H](C)N[C@@H](C)C2)s1. The van der Waals surface area contributed by atoms with Crippen molar-refractivity contribution < 1.29 is 0 Å². The highest BCUT2D eigenvalue weighted by Crippen LogP contribution is 2.23. The summed E-state index contributed by atoms with van der Waals surface area (Å²) < 4.78 is 0. The van der Waals surface area contributed by atoms with E-state index in [-0.39, 0.29) is 0 Å². The third-order valence-electron chi connectivity index (χ3n) is 2.44. The summed E-state index contributed by atoms with van der Waals surface area (Å²) in [5.74, 6) is 0. The standard InChI is InChI=1S/C10H17N3S/c1-7-5-13(6-8(2)12-7)10-11-4-9(3)14-10/h4,7-8,12H,5-6H2,1-3H3/t7-,8+. The van der Waals surface area contributed by atoms with Crippen molar-refractivity contribution in [2.45, 2.75) is 32.9 Å². The Morgan fingerprint density at radius 1 is 1.43 bits per heavy atom. The van der Waals surface area contributed by atoms with Gasteiger partial charge in [-0.2, -0.15) is 0 Å². The fraction of sp³-hybridized carbons (Fsp3) is 0.700. The third-order valence-corrected chi connectivity index (χ3v) is 3.41. The minimum atomic E-state index is 0.558. The van der Waals surface area contributed by atoms with E-state index in [1.165, 1.54) is 10.0 Å². The van der Waals surface area contributed by atoms with Gasteiger partial charge in [0.25, 0.3) is 0 Å². The molecule has 4 heteroatoms. The van der Waals surface area contributed by atoms with Crippen LogP contribution in [0.2, 0.25) is 0 Å². The molecule has 0 radical (unpaired) electrons. The van der Waals surface area contributed by atoms with Crippen LogP contribution in [0.25, 0.3) is 0 Å². The van der Waals surface area contributed by atoms with Gasteiger partial charge in [0.2, 0.25) is 0 Å². The molecular formula is C10H17N3S. The lowest BCUT2D eigenvalue weighted by Crippen LogP contribution is -2.54. The quantitative estimate of drug-likeness (QED) is 0.765. The molecule has 78 valence electrons. The second-order valence-corrected chi connectivity index (χ2v) is 5.34. The Morgan fingerprint density at radius 2 is 2.07 bits per heavy atom. The first-order chi connectivity index (χ1) is 6.65. The molecule has 1 aromatic rings. The monoisotopic (exact) mass is 211 g/mol. The lowest BCUT2D eigenvalue weighted by atomic mass is 10.2. The van der Waals surface area contributed by atoms with E-state index in [2.05, 4.69) is 36.0 Å². The van der Waals surface area contributed by atoms with Crippen molar-refractivity contribution in [2.75, 3.05) is 18.0 Å². The van der Waals surface area contributed by atoms with Crippen LogP contribution >= 0.6 is 11.3 Å². The Hall–Kier alpha value is -0.610. The van der Waals surface area contributed by atoms with Gasteiger partial charge in [-0.3, -0.25) is 0 Å². The van der Waals surface area contributed by atoms with Crippen molar-refractivity contribution in [3.05, 3.63) is 11.1 Å². The van der Waals surface area contributed by atoms with Crippen molar-refractivity contribution in [3.8, 4) is 0 Å². The Balaban J connectivity index is 2.10. The molecule has 14 heavy (non-hydrogen) atoms. The number of hydrogen-bond donors (Lipinski definition) is 1. The van der Waals surface area contributed by atoms with E-state index in [1.54, 1.807) is 11.3 Å². The van der Waals surface area contributed by atoms with E-state index in [0.717, 1.165) is 13.1 Å². The molecule has 0 bridgehead atoms. The molecule has 1 saturated heterocycles. The molecule has 1 aliphatic rings. The molecule has 0 aliphatic carbocycles. The van der Waals surface area contributed by atoms with Crippen molar-refractivity contribution in [1.29, 1.82) is 0 Å². The summed E-state index contributed by atoms with van der Waals surface area (Å²) in [6.07, 6.45) is 1.96.